The second-order valence-electron chi connectivity index (χ2n) is 4.63. The Kier molecular flexibility index (Phi) is 3.31. The summed E-state index contributed by atoms with van der Waals surface area (Å²) >= 11 is 0. The Balaban J connectivity index is 2.09. The molecule has 0 radical (unpaired) electrons. The van der Waals surface area contributed by atoms with E-state index in [2.05, 4.69) is 0 Å². The van der Waals surface area contributed by atoms with Gasteiger partial charge in [-0.1, -0.05) is 12.1 Å². The molecule has 21 heavy (non-hydrogen) atoms. The van der Waals surface area contributed by atoms with Crippen molar-refractivity contribution >= 4 is 11.2 Å². The van der Waals surface area contributed by atoms with Gasteiger partial charge in [0, 0.05) is 29.5 Å². The van der Waals surface area contributed by atoms with Crippen LogP contribution in [0.3, 0.4) is 0 Å². The van der Waals surface area contributed by atoms with Crippen LogP contribution in [-0.4, -0.2) is 15.9 Å². The molecule has 3 rings (SSSR count). The molecule has 0 spiro atoms. The lowest BCUT2D eigenvalue weighted by Gasteiger charge is -2.05. The number of pyridine rings is 1. The van der Waals surface area contributed by atoms with Gasteiger partial charge in [-0.25, -0.2) is 0 Å². The first-order chi connectivity index (χ1) is 10.2. The van der Waals surface area contributed by atoms with E-state index in [9.17, 15) is 10.1 Å². The highest BCUT2D eigenvalue weighted by atomic mass is 16.6. The zero-order valence-electron chi connectivity index (χ0n) is 11.5. The van der Waals surface area contributed by atoms with Crippen LogP contribution >= 0.6 is 0 Å². The first-order valence-electron chi connectivity index (χ1n) is 6.67. The van der Waals surface area contributed by atoms with E-state index in [0.29, 0.717) is 12.4 Å². The minimum atomic E-state index is -0.412. The summed E-state index contributed by atoms with van der Waals surface area (Å²) in [6.07, 6.45) is 3.90. The van der Waals surface area contributed by atoms with E-state index in [1.165, 1.54) is 0 Å². The van der Waals surface area contributed by atoms with Gasteiger partial charge in [0.2, 0.25) is 0 Å². The number of nitrogens with zero attached hydrogens (tertiary/aromatic N) is 2. The van der Waals surface area contributed by atoms with Crippen LogP contribution < -0.4 is 4.74 Å². The molecule has 0 aliphatic rings. The molecule has 0 amide bonds. The van der Waals surface area contributed by atoms with Gasteiger partial charge in [-0.05, 0) is 36.8 Å². The fourth-order valence-corrected chi connectivity index (χ4v) is 2.33. The lowest BCUT2D eigenvalue weighted by Crippen LogP contribution is -1.97. The summed E-state index contributed by atoms with van der Waals surface area (Å²) in [6, 6.07) is 12.9. The smallest absolute Gasteiger partial charge is 0.311 e. The minimum Gasteiger partial charge on any atom is -0.487 e. The van der Waals surface area contributed by atoms with Crippen molar-refractivity contribution in [3.63, 3.8) is 0 Å². The fourth-order valence-electron chi connectivity index (χ4n) is 2.33. The van der Waals surface area contributed by atoms with Crippen molar-refractivity contribution < 1.29 is 9.66 Å². The Labute approximate surface area is 121 Å². The summed E-state index contributed by atoms with van der Waals surface area (Å²) in [4.78, 5) is 10.8. The van der Waals surface area contributed by atoms with Gasteiger partial charge >= 0.3 is 5.69 Å². The topological polar surface area (TPSA) is 56.8 Å². The molecular formula is C16H14N2O3. The Morgan fingerprint density at radius 2 is 2.05 bits per heavy atom. The van der Waals surface area contributed by atoms with E-state index in [1.54, 1.807) is 19.1 Å². The normalized spacial score (nSPS) is 10.7. The van der Waals surface area contributed by atoms with Crippen LogP contribution in [0.4, 0.5) is 5.69 Å². The molecule has 0 aliphatic carbocycles. The summed E-state index contributed by atoms with van der Waals surface area (Å²) < 4.78 is 7.28. The van der Waals surface area contributed by atoms with Gasteiger partial charge in [0.25, 0.3) is 0 Å². The molecule has 0 fully saturated rings. The van der Waals surface area contributed by atoms with E-state index < -0.39 is 4.92 Å². The van der Waals surface area contributed by atoms with Crippen molar-refractivity contribution in [1.82, 2.24) is 4.40 Å². The average Bonchev–Trinajstić information content (AvgIpc) is 2.91. The second-order valence-corrected chi connectivity index (χ2v) is 4.63. The van der Waals surface area contributed by atoms with Crippen molar-refractivity contribution in [3.8, 4) is 16.9 Å². The SMILES string of the molecule is CCOc1ccc(-c2cc3ccccn3c2)cc1[N+](=O)[O-]. The van der Waals surface area contributed by atoms with Crippen molar-refractivity contribution in [3.05, 3.63) is 65.0 Å². The number of aromatic nitrogens is 1. The number of nitro groups is 1. The number of benzene rings is 1. The molecule has 1 aromatic carbocycles. The van der Waals surface area contributed by atoms with Gasteiger partial charge in [0.05, 0.1) is 11.5 Å². The highest BCUT2D eigenvalue weighted by Crippen LogP contribution is 2.33. The molecule has 0 atom stereocenters. The molecule has 5 nitrogen and oxygen atoms in total. The first-order valence-corrected chi connectivity index (χ1v) is 6.67. The lowest BCUT2D eigenvalue weighted by atomic mass is 10.1. The number of rotatable bonds is 4. The Morgan fingerprint density at radius 3 is 2.76 bits per heavy atom. The average molecular weight is 282 g/mol. The molecule has 0 N–H and O–H groups in total. The zero-order valence-corrected chi connectivity index (χ0v) is 11.5. The summed E-state index contributed by atoms with van der Waals surface area (Å²) in [5, 5.41) is 11.2. The van der Waals surface area contributed by atoms with Crippen LogP contribution in [0.25, 0.3) is 16.6 Å². The molecule has 5 heteroatoms. The number of hydrogen-bond donors (Lipinski definition) is 0. The standard InChI is InChI=1S/C16H14N2O3/c1-2-21-16-7-6-12(10-15(16)18(19)20)13-9-14-5-3-4-8-17(14)11-13/h3-11H,2H2,1H3. The summed E-state index contributed by atoms with van der Waals surface area (Å²) in [5.74, 6) is 0.301. The Hall–Kier alpha value is -2.82. The van der Waals surface area contributed by atoms with Crippen LogP contribution in [-0.2, 0) is 0 Å². The number of hydrogen-bond acceptors (Lipinski definition) is 3. The van der Waals surface area contributed by atoms with E-state index in [1.807, 2.05) is 47.1 Å². The highest BCUT2D eigenvalue weighted by molar-refractivity contribution is 5.73. The summed E-state index contributed by atoms with van der Waals surface area (Å²) in [5.41, 5.74) is 2.77. The molecule has 106 valence electrons. The Bertz CT molecular complexity index is 775. The second kappa shape index (κ2) is 5.28. The van der Waals surface area contributed by atoms with Crippen LogP contribution in [0.15, 0.2) is 54.9 Å². The maximum Gasteiger partial charge on any atom is 0.311 e. The van der Waals surface area contributed by atoms with Crippen molar-refractivity contribution in [1.29, 1.82) is 0 Å². The quantitative estimate of drug-likeness (QED) is 0.538. The predicted octanol–water partition coefficient (Wildman–Crippen LogP) is 3.91. The molecule has 3 aromatic rings. The monoisotopic (exact) mass is 282 g/mol. The van der Waals surface area contributed by atoms with Gasteiger partial charge in [-0.3, -0.25) is 10.1 Å². The maximum absolute atomic E-state index is 11.2. The highest BCUT2D eigenvalue weighted by Gasteiger charge is 2.16. The number of nitro benzene ring substituents is 1. The van der Waals surface area contributed by atoms with Crippen LogP contribution in [0, 0.1) is 10.1 Å². The van der Waals surface area contributed by atoms with E-state index in [0.717, 1.165) is 16.6 Å². The van der Waals surface area contributed by atoms with Gasteiger partial charge in [0.15, 0.2) is 5.75 Å². The van der Waals surface area contributed by atoms with Gasteiger partial charge in [-0.2, -0.15) is 0 Å². The summed E-state index contributed by atoms with van der Waals surface area (Å²) in [7, 11) is 0. The first kappa shape index (κ1) is 13.2. The molecule has 2 heterocycles. The number of fused-ring (bicyclic) bond motifs is 1. The molecule has 0 saturated carbocycles. The van der Waals surface area contributed by atoms with Crippen LogP contribution in [0.5, 0.6) is 5.75 Å². The van der Waals surface area contributed by atoms with Gasteiger partial charge in [-0.15, -0.1) is 0 Å². The molecule has 0 bridgehead atoms. The number of ether oxygens (including phenoxy) is 1. The van der Waals surface area contributed by atoms with E-state index >= 15 is 0 Å². The van der Waals surface area contributed by atoms with Crippen LogP contribution in [0.1, 0.15) is 6.92 Å². The third-order valence-corrected chi connectivity index (χ3v) is 3.29. The van der Waals surface area contributed by atoms with Crippen molar-refractivity contribution in [2.75, 3.05) is 6.61 Å². The predicted molar refractivity (Wildman–Crippen MR) is 80.7 cm³/mol. The fraction of sp³-hybridized carbons (Fsp3) is 0.125. The minimum absolute atomic E-state index is 0.00962. The molecule has 2 aromatic heterocycles. The van der Waals surface area contributed by atoms with Gasteiger partial charge < -0.3 is 9.14 Å². The van der Waals surface area contributed by atoms with E-state index in [4.69, 9.17) is 4.74 Å². The maximum atomic E-state index is 11.2. The van der Waals surface area contributed by atoms with Crippen molar-refractivity contribution in [2.24, 2.45) is 0 Å². The summed E-state index contributed by atoms with van der Waals surface area (Å²) in [6.45, 7) is 2.20. The molecule has 0 unspecified atom stereocenters. The Morgan fingerprint density at radius 1 is 1.19 bits per heavy atom. The molecule has 0 saturated heterocycles. The van der Waals surface area contributed by atoms with Crippen molar-refractivity contribution in [2.45, 2.75) is 6.92 Å². The third kappa shape index (κ3) is 2.45. The van der Waals surface area contributed by atoms with Gasteiger partial charge in [0.1, 0.15) is 0 Å². The molecular weight excluding hydrogens is 268 g/mol. The third-order valence-electron chi connectivity index (χ3n) is 3.29. The lowest BCUT2D eigenvalue weighted by molar-refractivity contribution is -0.385. The van der Waals surface area contributed by atoms with Crippen LogP contribution in [0.2, 0.25) is 0 Å². The largest absolute Gasteiger partial charge is 0.487 e. The molecule has 0 aliphatic heterocycles. The van der Waals surface area contributed by atoms with E-state index in [-0.39, 0.29) is 5.69 Å². The zero-order chi connectivity index (χ0) is 14.8.